The molecule has 7 nitrogen and oxygen atoms in total. The average Bonchev–Trinajstić information content (AvgIpc) is 3.24. The van der Waals surface area contributed by atoms with Gasteiger partial charge in [-0.15, -0.1) is 0 Å². The van der Waals surface area contributed by atoms with E-state index in [1.807, 2.05) is 4.90 Å². The van der Waals surface area contributed by atoms with Crippen LogP contribution >= 0.6 is 0 Å². The molecule has 2 N–H and O–H groups in total. The van der Waals surface area contributed by atoms with Crippen molar-refractivity contribution >= 4 is 17.5 Å². The first-order valence-corrected chi connectivity index (χ1v) is 8.36. The second-order valence-electron chi connectivity index (χ2n) is 6.63. The normalized spacial score (nSPS) is 23.1. The third kappa shape index (κ3) is 3.55. The number of carbonyl (C=O) groups excluding carboxylic acids is 2. The van der Waals surface area contributed by atoms with Crippen LogP contribution in [0.25, 0.3) is 0 Å². The van der Waals surface area contributed by atoms with Crippen LogP contribution in [0.2, 0.25) is 0 Å². The Kier molecular flexibility index (Phi) is 4.78. The molecule has 0 aliphatic carbocycles. The maximum atomic E-state index is 12.6. The molecule has 1 aromatic heterocycles. The van der Waals surface area contributed by atoms with E-state index in [0.29, 0.717) is 31.0 Å². The van der Waals surface area contributed by atoms with Crippen LogP contribution in [0.15, 0.2) is 29.6 Å². The molecule has 2 aliphatic rings. The van der Waals surface area contributed by atoms with Gasteiger partial charge in [-0.2, -0.15) is 5.10 Å². The minimum Gasteiger partial charge on any atom is -0.347 e. The first-order chi connectivity index (χ1) is 11.5. The Bertz CT molecular complexity index is 644. The van der Waals surface area contributed by atoms with Crippen LogP contribution in [-0.2, 0) is 4.79 Å². The lowest BCUT2D eigenvalue weighted by molar-refractivity contribution is -0.132. The maximum Gasteiger partial charge on any atom is 0.253 e. The van der Waals surface area contributed by atoms with Crippen molar-refractivity contribution in [1.82, 2.24) is 20.6 Å². The highest BCUT2D eigenvalue weighted by Gasteiger charge is 2.34. The van der Waals surface area contributed by atoms with Gasteiger partial charge in [0, 0.05) is 43.7 Å². The molecule has 2 amide bonds. The zero-order chi connectivity index (χ0) is 17.1. The predicted octanol–water partition coefficient (Wildman–Crippen LogP) is 0.786. The summed E-state index contributed by atoms with van der Waals surface area (Å²) in [7, 11) is 0. The Morgan fingerprint density at radius 3 is 2.92 bits per heavy atom. The first kappa shape index (κ1) is 16.4. The zero-order valence-corrected chi connectivity index (χ0v) is 14.0. The van der Waals surface area contributed by atoms with E-state index < -0.39 is 0 Å². The Labute approximate surface area is 141 Å². The minimum atomic E-state index is -0.268. The monoisotopic (exact) mass is 329 g/mol. The molecule has 3 heterocycles. The van der Waals surface area contributed by atoms with E-state index in [4.69, 9.17) is 0 Å². The standard InChI is InChI=1S/C17H23N5O2/c1-11(2)14-8-15(21-20-14)17(24)22-7-5-13(10-22)19-16(23)12-4-3-6-18-9-12/h3-4,6,9,11,13,15,21H,5,7-8,10H2,1-2H3,(H,19,23). The summed E-state index contributed by atoms with van der Waals surface area (Å²) >= 11 is 0. The van der Waals surface area contributed by atoms with Crippen molar-refractivity contribution in [2.45, 2.75) is 38.8 Å². The zero-order valence-electron chi connectivity index (χ0n) is 14.0. The molecule has 2 atom stereocenters. The van der Waals surface area contributed by atoms with Crippen LogP contribution < -0.4 is 10.7 Å². The van der Waals surface area contributed by atoms with Crippen molar-refractivity contribution in [2.75, 3.05) is 13.1 Å². The second kappa shape index (κ2) is 6.98. The van der Waals surface area contributed by atoms with E-state index in [0.717, 1.165) is 12.1 Å². The Balaban J connectivity index is 1.51. The molecule has 0 radical (unpaired) electrons. The molecule has 0 spiro atoms. The van der Waals surface area contributed by atoms with Gasteiger partial charge in [-0.3, -0.25) is 20.0 Å². The molecule has 0 bridgehead atoms. The maximum absolute atomic E-state index is 12.6. The fourth-order valence-electron chi connectivity index (χ4n) is 3.03. The first-order valence-electron chi connectivity index (χ1n) is 8.36. The van der Waals surface area contributed by atoms with Gasteiger partial charge in [0.25, 0.3) is 5.91 Å². The Morgan fingerprint density at radius 1 is 1.42 bits per heavy atom. The fraction of sp³-hybridized carbons (Fsp3) is 0.529. The average molecular weight is 329 g/mol. The molecule has 1 aromatic rings. The summed E-state index contributed by atoms with van der Waals surface area (Å²) < 4.78 is 0. The van der Waals surface area contributed by atoms with E-state index in [9.17, 15) is 9.59 Å². The third-order valence-electron chi connectivity index (χ3n) is 4.50. The largest absolute Gasteiger partial charge is 0.347 e. The second-order valence-corrected chi connectivity index (χ2v) is 6.63. The number of pyridine rings is 1. The van der Waals surface area contributed by atoms with Gasteiger partial charge in [0.2, 0.25) is 5.91 Å². The predicted molar refractivity (Wildman–Crippen MR) is 90.5 cm³/mol. The molecular weight excluding hydrogens is 306 g/mol. The summed E-state index contributed by atoms with van der Waals surface area (Å²) in [4.78, 5) is 30.5. The molecule has 3 rings (SSSR count). The van der Waals surface area contributed by atoms with Gasteiger partial charge in [0.05, 0.1) is 5.56 Å². The van der Waals surface area contributed by atoms with E-state index in [2.05, 4.69) is 34.7 Å². The number of hydrazone groups is 1. The van der Waals surface area contributed by atoms with Crippen LogP contribution in [-0.4, -0.2) is 52.6 Å². The molecule has 2 unspecified atom stereocenters. The van der Waals surface area contributed by atoms with Crippen molar-refractivity contribution in [2.24, 2.45) is 11.0 Å². The van der Waals surface area contributed by atoms with Gasteiger partial charge in [-0.25, -0.2) is 0 Å². The quantitative estimate of drug-likeness (QED) is 0.855. The van der Waals surface area contributed by atoms with Gasteiger partial charge in [0.15, 0.2) is 0 Å². The summed E-state index contributed by atoms with van der Waals surface area (Å²) in [6.07, 6.45) is 4.61. The van der Waals surface area contributed by atoms with E-state index in [1.165, 1.54) is 0 Å². The van der Waals surface area contributed by atoms with Crippen LogP contribution in [0.5, 0.6) is 0 Å². The SMILES string of the molecule is CC(C)C1=NNC(C(=O)N2CCC(NC(=O)c3cccnc3)C2)C1. The lowest BCUT2D eigenvalue weighted by Gasteiger charge is -2.20. The Morgan fingerprint density at radius 2 is 2.25 bits per heavy atom. The number of hydrogen-bond acceptors (Lipinski definition) is 5. The van der Waals surface area contributed by atoms with Gasteiger partial charge in [0.1, 0.15) is 6.04 Å². The molecule has 128 valence electrons. The highest BCUT2D eigenvalue weighted by atomic mass is 16.2. The van der Waals surface area contributed by atoms with Crippen LogP contribution in [0.4, 0.5) is 0 Å². The van der Waals surface area contributed by atoms with Crippen LogP contribution in [0.1, 0.15) is 37.0 Å². The summed E-state index contributed by atoms with van der Waals surface area (Å²) in [5, 5.41) is 7.23. The van der Waals surface area contributed by atoms with E-state index in [1.54, 1.807) is 24.5 Å². The van der Waals surface area contributed by atoms with Crippen molar-refractivity contribution in [3.8, 4) is 0 Å². The van der Waals surface area contributed by atoms with E-state index >= 15 is 0 Å². The van der Waals surface area contributed by atoms with Crippen molar-refractivity contribution < 1.29 is 9.59 Å². The molecule has 24 heavy (non-hydrogen) atoms. The van der Waals surface area contributed by atoms with Crippen molar-refractivity contribution in [3.63, 3.8) is 0 Å². The summed E-state index contributed by atoms with van der Waals surface area (Å²) in [5.74, 6) is 0.264. The lowest BCUT2D eigenvalue weighted by Crippen LogP contribution is -2.44. The van der Waals surface area contributed by atoms with Gasteiger partial charge in [-0.1, -0.05) is 13.8 Å². The van der Waals surface area contributed by atoms with Crippen molar-refractivity contribution in [1.29, 1.82) is 0 Å². The molecule has 1 saturated heterocycles. The van der Waals surface area contributed by atoms with Crippen molar-refractivity contribution in [3.05, 3.63) is 30.1 Å². The summed E-state index contributed by atoms with van der Waals surface area (Å²) in [6, 6.07) is 3.17. The molecule has 7 heteroatoms. The summed E-state index contributed by atoms with van der Waals surface area (Å²) in [5.41, 5.74) is 4.52. The van der Waals surface area contributed by atoms with Gasteiger partial charge >= 0.3 is 0 Å². The van der Waals surface area contributed by atoms with E-state index in [-0.39, 0.29) is 23.9 Å². The van der Waals surface area contributed by atoms with Gasteiger partial charge < -0.3 is 10.2 Å². The number of nitrogens with one attached hydrogen (secondary N) is 2. The number of aromatic nitrogens is 1. The van der Waals surface area contributed by atoms with Crippen LogP contribution in [0, 0.1) is 5.92 Å². The number of likely N-dealkylation sites (tertiary alicyclic amines) is 1. The van der Waals surface area contributed by atoms with Gasteiger partial charge in [-0.05, 0) is 24.5 Å². The summed E-state index contributed by atoms with van der Waals surface area (Å²) in [6.45, 7) is 5.35. The highest BCUT2D eigenvalue weighted by Crippen LogP contribution is 2.17. The lowest BCUT2D eigenvalue weighted by atomic mass is 10.0. The number of carbonyl (C=O) groups is 2. The highest BCUT2D eigenvalue weighted by molar-refractivity contribution is 5.95. The smallest absolute Gasteiger partial charge is 0.253 e. The topological polar surface area (TPSA) is 86.7 Å². The third-order valence-corrected chi connectivity index (χ3v) is 4.50. The number of hydrogen-bond donors (Lipinski definition) is 2. The minimum absolute atomic E-state index is 0.0199. The number of rotatable bonds is 4. The Hall–Kier alpha value is -2.44. The molecule has 0 aromatic carbocycles. The number of nitrogens with zero attached hydrogens (tertiary/aromatic N) is 3. The molecule has 2 aliphatic heterocycles. The number of amides is 2. The molecular formula is C17H23N5O2. The van der Waals surface area contributed by atoms with Crippen LogP contribution in [0.3, 0.4) is 0 Å². The molecule has 0 saturated carbocycles. The fourth-order valence-corrected chi connectivity index (χ4v) is 3.03. The molecule has 1 fully saturated rings.